The van der Waals surface area contributed by atoms with Crippen molar-refractivity contribution in [3.05, 3.63) is 63.3 Å². The Bertz CT molecular complexity index is 1490. The van der Waals surface area contributed by atoms with Gasteiger partial charge in [0.1, 0.15) is 16.6 Å². The predicted molar refractivity (Wildman–Crippen MR) is 135 cm³/mol. The van der Waals surface area contributed by atoms with Crippen LogP contribution in [-0.4, -0.2) is 55.9 Å². The summed E-state index contributed by atoms with van der Waals surface area (Å²) in [5.74, 6) is 0.289. The van der Waals surface area contributed by atoms with Gasteiger partial charge < -0.3 is 19.9 Å². The fraction of sp³-hybridized carbons (Fsp3) is 0.261. The summed E-state index contributed by atoms with van der Waals surface area (Å²) in [6.45, 7) is 3.14. The lowest BCUT2D eigenvalue weighted by atomic mass is 10.1. The van der Waals surface area contributed by atoms with E-state index >= 15 is 0 Å². The van der Waals surface area contributed by atoms with Gasteiger partial charge in [0.15, 0.2) is 9.84 Å². The number of nitrogens with zero attached hydrogens (tertiary/aromatic N) is 3. The molecule has 0 radical (unpaired) electrons. The summed E-state index contributed by atoms with van der Waals surface area (Å²) in [5, 5.41) is 6.70. The first-order chi connectivity index (χ1) is 16.4. The number of aromatic amines is 1. The van der Waals surface area contributed by atoms with Crippen LogP contribution in [0.2, 0.25) is 0 Å². The van der Waals surface area contributed by atoms with Gasteiger partial charge in [0.25, 0.3) is 5.56 Å². The number of fused-ring (bicyclic) bond motifs is 1. The van der Waals surface area contributed by atoms with Crippen LogP contribution in [0.5, 0.6) is 0 Å². The fourth-order valence-electron chi connectivity index (χ4n) is 3.87. The molecule has 0 aliphatic carbocycles. The number of H-pyrrole nitrogens is 1. The van der Waals surface area contributed by atoms with Crippen molar-refractivity contribution in [2.24, 2.45) is 0 Å². The molecule has 1 aliphatic rings. The maximum absolute atomic E-state index is 12.6. The number of anilines is 3. The van der Waals surface area contributed by atoms with Crippen LogP contribution in [0.15, 0.2) is 52.8 Å². The molecule has 1 aromatic carbocycles. The highest BCUT2D eigenvalue weighted by Crippen LogP contribution is 2.29. The molecule has 9 nitrogen and oxygen atoms in total. The molecule has 1 saturated heterocycles. The first-order valence-corrected chi connectivity index (χ1v) is 13.6. The lowest BCUT2D eigenvalue weighted by Gasteiger charge is -2.28. The summed E-state index contributed by atoms with van der Waals surface area (Å²) >= 11 is 1.27. The number of thiazole rings is 1. The molecule has 176 valence electrons. The molecular formula is C23H23N5O4S2. The molecule has 0 bridgehead atoms. The van der Waals surface area contributed by atoms with Gasteiger partial charge in [-0.15, -0.1) is 11.3 Å². The number of aromatic nitrogens is 3. The lowest BCUT2D eigenvalue weighted by molar-refractivity contribution is 0.122. The first kappa shape index (κ1) is 22.5. The van der Waals surface area contributed by atoms with Crippen molar-refractivity contribution in [3.63, 3.8) is 0 Å². The van der Waals surface area contributed by atoms with Gasteiger partial charge in [-0.1, -0.05) is 0 Å². The number of sulfone groups is 1. The van der Waals surface area contributed by atoms with E-state index in [-0.39, 0.29) is 11.3 Å². The lowest BCUT2D eigenvalue weighted by Crippen LogP contribution is -2.36. The minimum atomic E-state index is -3.19. The van der Waals surface area contributed by atoms with Gasteiger partial charge in [-0.2, -0.15) is 0 Å². The Labute approximate surface area is 200 Å². The van der Waals surface area contributed by atoms with Crippen LogP contribution in [0.25, 0.3) is 22.2 Å². The van der Waals surface area contributed by atoms with E-state index in [1.165, 1.54) is 17.6 Å². The normalized spacial score (nSPS) is 14.4. The Balaban J connectivity index is 1.49. The highest BCUT2D eigenvalue weighted by atomic mass is 32.2. The van der Waals surface area contributed by atoms with Gasteiger partial charge in [0, 0.05) is 42.3 Å². The van der Waals surface area contributed by atoms with Crippen molar-refractivity contribution in [1.29, 1.82) is 0 Å². The second-order valence-electron chi connectivity index (χ2n) is 8.09. The number of hydrogen-bond acceptors (Lipinski definition) is 9. The van der Waals surface area contributed by atoms with Crippen molar-refractivity contribution in [2.45, 2.75) is 5.75 Å². The van der Waals surface area contributed by atoms with E-state index < -0.39 is 9.84 Å². The molecule has 4 aromatic rings. The van der Waals surface area contributed by atoms with Crippen molar-refractivity contribution in [1.82, 2.24) is 15.0 Å². The van der Waals surface area contributed by atoms with Gasteiger partial charge in [-0.3, -0.25) is 4.79 Å². The van der Waals surface area contributed by atoms with Gasteiger partial charge in [-0.25, -0.2) is 18.4 Å². The van der Waals surface area contributed by atoms with E-state index in [4.69, 9.17) is 4.74 Å². The average molecular weight is 498 g/mol. The molecule has 0 atom stereocenters. The molecule has 34 heavy (non-hydrogen) atoms. The van der Waals surface area contributed by atoms with E-state index in [1.54, 1.807) is 23.7 Å². The molecule has 2 N–H and O–H groups in total. The summed E-state index contributed by atoms with van der Waals surface area (Å²) in [6.07, 6.45) is 2.77. The van der Waals surface area contributed by atoms with Crippen molar-refractivity contribution in [3.8, 4) is 11.4 Å². The zero-order valence-corrected chi connectivity index (χ0v) is 20.1. The molecule has 3 aromatic heterocycles. The van der Waals surface area contributed by atoms with E-state index in [1.807, 2.05) is 24.3 Å². The zero-order valence-electron chi connectivity index (χ0n) is 18.4. The maximum Gasteiger partial charge on any atom is 0.259 e. The summed E-state index contributed by atoms with van der Waals surface area (Å²) in [6, 6.07) is 11.6. The smallest absolute Gasteiger partial charge is 0.259 e. The van der Waals surface area contributed by atoms with Crippen LogP contribution in [0.4, 0.5) is 17.2 Å². The number of morpholine rings is 1. The molecule has 0 unspecified atom stereocenters. The van der Waals surface area contributed by atoms with Gasteiger partial charge >= 0.3 is 0 Å². The minimum Gasteiger partial charge on any atom is -0.378 e. The number of pyridine rings is 2. The summed E-state index contributed by atoms with van der Waals surface area (Å²) in [5.41, 5.74) is 2.78. The molecule has 11 heteroatoms. The Kier molecular flexibility index (Phi) is 6.07. The van der Waals surface area contributed by atoms with Gasteiger partial charge in [0.05, 0.1) is 30.0 Å². The van der Waals surface area contributed by atoms with Crippen molar-refractivity contribution >= 4 is 49.1 Å². The summed E-state index contributed by atoms with van der Waals surface area (Å²) in [7, 11) is -3.19. The standard InChI is InChI=1S/C23H23N5O4S2/c1-34(30,31)14-20-26-19(13-33-20)18-12-15-6-7-24-23(29)21(15)22(27-18)25-16-2-4-17(5-3-16)28-8-10-32-11-9-28/h2-7,12-13H,8-11,14H2,1H3,(H,24,29)(H,25,27). The number of hydrogen-bond donors (Lipinski definition) is 2. The van der Waals surface area contributed by atoms with Crippen molar-refractivity contribution < 1.29 is 13.2 Å². The Morgan fingerprint density at radius 1 is 1.12 bits per heavy atom. The molecule has 0 spiro atoms. The van der Waals surface area contributed by atoms with Crippen LogP contribution in [0, 0.1) is 0 Å². The van der Waals surface area contributed by atoms with Crippen molar-refractivity contribution in [2.75, 3.05) is 42.8 Å². The molecule has 5 rings (SSSR count). The highest BCUT2D eigenvalue weighted by molar-refractivity contribution is 7.90. The van der Waals surface area contributed by atoms with Crippen LogP contribution >= 0.6 is 11.3 Å². The van der Waals surface area contributed by atoms with E-state index in [9.17, 15) is 13.2 Å². The average Bonchev–Trinajstić information content (AvgIpc) is 3.27. The second kappa shape index (κ2) is 9.16. The quantitative estimate of drug-likeness (QED) is 0.417. The molecule has 0 saturated carbocycles. The summed E-state index contributed by atoms with van der Waals surface area (Å²) < 4.78 is 28.7. The zero-order chi connectivity index (χ0) is 23.7. The third-order valence-corrected chi connectivity index (χ3v) is 7.29. The third kappa shape index (κ3) is 4.96. The van der Waals surface area contributed by atoms with Crippen LogP contribution in [0.1, 0.15) is 5.01 Å². The largest absolute Gasteiger partial charge is 0.378 e. The minimum absolute atomic E-state index is 0.120. The molecule has 1 aliphatic heterocycles. The van der Waals surface area contributed by atoms with Gasteiger partial charge in [-0.05, 0) is 41.8 Å². The van der Waals surface area contributed by atoms with Crippen LogP contribution in [-0.2, 0) is 20.3 Å². The number of nitrogens with one attached hydrogen (secondary N) is 2. The topological polar surface area (TPSA) is 117 Å². The number of rotatable bonds is 6. The van der Waals surface area contributed by atoms with E-state index in [0.717, 1.165) is 24.5 Å². The molecule has 1 fully saturated rings. The Morgan fingerprint density at radius 3 is 2.62 bits per heavy atom. The number of benzene rings is 1. The highest BCUT2D eigenvalue weighted by Gasteiger charge is 2.16. The summed E-state index contributed by atoms with van der Waals surface area (Å²) in [4.78, 5) is 26.7. The number of ether oxygens (including phenoxy) is 1. The maximum atomic E-state index is 12.6. The molecule has 4 heterocycles. The van der Waals surface area contributed by atoms with E-state index in [2.05, 4.69) is 25.2 Å². The predicted octanol–water partition coefficient (Wildman–Crippen LogP) is 3.17. The van der Waals surface area contributed by atoms with Gasteiger partial charge in [0.2, 0.25) is 0 Å². The third-order valence-electron chi connectivity index (χ3n) is 5.46. The van der Waals surface area contributed by atoms with Crippen LogP contribution in [0.3, 0.4) is 0 Å². The fourth-order valence-corrected chi connectivity index (χ4v) is 5.87. The molecular weight excluding hydrogens is 474 g/mol. The first-order valence-electron chi connectivity index (χ1n) is 10.7. The molecule has 0 amide bonds. The van der Waals surface area contributed by atoms with Crippen LogP contribution < -0.4 is 15.8 Å². The second-order valence-corrected chi connectivity index (χ2v) is 11.2. The SMILES string of the molecule is CS(=O)(=O)Cc1nc(-c2cc3cc[nH]c(=O)c3c(Nc3ccc(N4CCOCC4)cc3)n2)cs1. The Hall–Kier alpha value is -3.28. The van der Waals surface area contributed by atoms with E-state index in [0.29, 0.717) is 46.2 Å². The monoisotopic (exact) mass is 497 g/mol. The Morgan fingerprint density at radius 2 is 1.88 bits per heavy atom.